The number of benzene rings is 1. The standard InChI is InChI=1S/C13H12ClFN2O3S2/c14-8-5-9-12(10(15)6-8)16-7-11(13(9)18)22(19,20)17-1-3-21-4-2-17/h5-7H,1-4H2,(H,16,18). The highest BCUT2D eigenvalue weighted by atomic mass is 35.5. The third kappa shape index (κ3) is 2.64. The number of sulfonamides is 1. The first-order chi connectivity index (χ1) is 10.4. The molecule has 118 valence electrons. The highest BCUT2D eigenvalue weighted by Gasteiger charge is 2.30. The highest BCUT2D eigenvalue weighted by Crippen LogP contribution is 2.35. The minimum atomic E-state index is -3.87. The average molecular weight is 363 g/mol. The summed E-state index contributed by atoms with van der Waals surface area (Å²) in [6.45, 7) is 0.739. The number of thioether (sulfide) groups is 1. The summed E-state index contributed by atoms with van der Waals surface area (Å²) < 4.78 is 40.3. The van der Waals surface area contributed by atoms with E-state index in [1.807, 2.05) is 0 Å². The van der Waals surface area contributed by atoms with Gasteiger partial charge in [0.05, 0.1) is 6.20 Å². The maximum absolute atomic E-state index is 13.8. The Morgan fingerprint density at radius 3 is 2.68 bits per heavy atom. The van der Waals surface area contributed by atoms with Crippen LogP contribution in [0.1, 0.15) is 0 Å². The van der Waals surface area contributed by atoms with Crippen LogP contribution in [0.5, 0.6) is 5.75 Å². The largest absolute Gasteiger partial charge is 0.506 e. The number of nitrogens with zero attached hydrogens (tertiary/aromatic N) is 2. The van der Waals surface area contributed by atoms with Gasteiger partial charge >= 0.3 is 0 Å². The first-order valence-corrected chi connectivity index (χ1v) is 9.43. The summed E-state index contributed by atoms with van der Waals surface area (Å²) in [5.74, 6) is 0.156. The Kier molecular flexibility index (Phi) is 4.19. The third-order valence-corrected chi connectivity index (χ3v) is 6.48. The zero-order valence-corrected chi connectivity index (χ0v) is 13.7. The highest BCUT2D eigenvalue weighted by molar-refractivity contribution is 7.99. The fraction of sp³-hybridized carbons (Fsp3) is 0.308. The molecule has 1 aliphatic heterocycles. The molecular formula is C13H12ClFN2O3S2. The van der Waals surface area contributed by atoms with E-state index in [9.17, 15) is 17.9 Å². The normalized spacial score (nSPS) is 17.0. The molecule has 1 aromatic carbocycles. The fourth-order valence-corrected chi connectivity index (χ4v) is 5.13. The number of aromatic nitrogens is 1. The molecule has 1 fully saturated rings. The lowest BCUT2D eigenvalue weighted by atomic mass is 10.2. The lowest BCUT2D eigenvalue weighted by Gasteiger charge is -2.25. The van der Waals surface area contributed by atoms with E-state index in [-0.39, 0.29) is 20.8 Å². The van der Waals surface area contributed by atoms with E-state index in [0.29, 0.717) is 24.6 Å². The maximum Gasteiger partial charge on any atom is 0.248 e. The SMILES string of the molecule is O=S(=O)(c1cnc2c(F)cc(Cl)cc2c1O)N1CCSCC1. The van der Waals surface area contributed by atoms with Crippen LogP contribution in [0.15, 0.2) is 23.2 Å². The van der Waals surface area contributed by atoms with Gasteiger partial charge in [0.15, 0.2) is 5.82 Å². The Balaban J connectivity index is 2.17. The first kappa shape index (κ1) is 15.8. The van der Waals surface area contributed by atoms with E-state index >= 15 is 0 Å². The quantitative estimate of drug-likeness (QED) is 0.888. The summed E-state index contributed by atoms with van der Waals surface area (Å²) in [5, 5.41) is 10.3. The molecule has 0 atom stereocenters. The molecule has 2 heterocycles. The van der Waals surface area contributed by atoms with Gasteiger partial charge in [-0.25, -0.2) is 12.8 Å². The predicted molar refractivity (Wildman–Crippen MR) is 84.5 cm³/mol. The number of halogens is 2. The number of aromatic hydroxyl groups is 1. The fourth-order valence-electron chi connectivity index (χ4n) is 2.31. The van der Waals surface area contributed by atoms with Crippen LogP contribution in [-0.4, -0.2) is 47.4 Å². The second-order valence-electron chi connectivity index (χ2n) is 4.77. The zero-order valence-electron chi connectivity index (χ0n) is 11.3. The lowest BCUT2D eigenvalue weighted by Crippen LogP contribution is -2.37. The van der Waals surface area contributed by atoms with Gasteiger partial charge in [0.1, 0.15) is 16.2 Å². The molecule has 3 rings (SSSR count). The smallest absolute Gasteiger partial charge is 0.248 e. The van der Waals surface area contributed by atoms with Crippen LogP contribution in [0, 0.1) is 5.82 Å². The van der Waals surface area contributed by atoms with Gasteiger partial charge in [-0.15, -0.1) is 0 Å². The Morgan fingerprint density at radius 1 is 1.32 bits per heavy atom. The first-order valence-electron chi connectivity index (χ1n) is 6.46. The number of pyridine rings is 1. The van der Waals surface area contributed by atoms with Crippen molar-refractivity contribution in [3.63, 3.8) is 0 Å². The molecule has 5 nitrogen and oxygen atoms in total. The summed E-state index contributed by atoms with van der Waals surface area (Å²) in [7, 11) is -3.87. The molecule has 1 aliphatic rings. The van der Waals surface area contributed by atoms with Crippen molar-refractivity contribution >= 4 is 44.3 Å². The van der Waals surface area contributed by atoms with Gasteiger partial charge in [0.2, 0.25) is 10.0 Å². The van der Waals surface area contributed by atoms with Crippen molar-refractivity contribution in [1.82, 2.24) is 9.29 Å². The van der Waals surface area contributed by atoms with Crippen LogP contribution in [0.4, 0.5) is 4.39 Å². The lowest BCUT2D eigenvalue weighted by molar-refractivity contribution is 0.429. The molecule has 0 spiro atoms. The second-order valence-corrected chi connectivity index (χ2v) is 8.34. The van der Waals surface area contributed by atoms with Crippen molar-refractivity contribution in [2.45, 2.75) is 4.90 Å². The van der Waals surface area contributed by atoms with Crippen molar-refractivity contribution in [1.29, 1.82) is 0 Å². The van der Waals surface area contributed by atoms with Crippen molar-refractivity contribution in [2.75, 3.05) is 24.6 Å². The van der Waals surface area contributed by atoms with Gasteiger partial charge in [-0.05, 0) is 12.1 Å². The van der Waals surface area contributed by atoms with Gasteiger partial charge in [0.25, 0.3) is 0 Å². The number of hydrogen-bond acceptors (Lipinski definition) is 5. The van der Waals surface area contributed by atoms with Crippen molar-refractivity contribution in [2.24, 2.45) is 0 Å². The van der Waals surface area contributed by atoms with Crippen molar-refractivity contribution in [3.05, 3.63) is 29.2 Å². The third-order valence-electron chi connectivity index (χ3n) is 3.42. The van der Waals surface area contributed by atoms with E-state index < -0.39 is 21.6 Å². The van der Waals surface area contributed by atoms with Crippen LogP contribution in [-0.2, 0) is 10.0 Å². The Morgan fingerprint density at radius 2 is 2.00 bits per heavy atom. The monoisotopic (exact) mass is 362 g/mol. The van der Waals surface area contributed by atoms with E-state index in [1.54, 1.807) is 11.8 Å². The van der Waals surface area contributed by atoms with Gasteiger partial charge in [0, 0.05) is 35.0 Å². The maximum atomic E-state index is 13.8. The number of hydrogen-bond donors (Lipinski definition) is 1. The summed E-state index contributed by atoms with van der Waals surface area (Å²) in [6.07, 6.45) is 0.992. The molecular weight excluding hydrogens is 351 g/mol. The minimum absolute atomic E-state index is 0.0162. The Hall–Kier alpha value is -1.09. The molecule has 0 unspecified atom stereocenters. The molecule has 9 heteroatoms. The van der Waals surface area contributed by atoms with E-state index in [4.69, 9.17) is 11.6 Å². The Bertz CT molecular complexity index is 839. The van der Waals surface area contributed by atoms with Crippen LogP contribution in [0.2, 0.25) is 5.02 Å². The van der Waals surface area contributed by atoms with Gasteiger partial charge < -0.3 is 5.11 Å². The van der Waals surface area contributed by atoms with E-state index in [2.05, 4.69) is 4.98 Å². The van der Waals surface area contributed by atoms with Gasteiger partial charge in [-0.1, -0.05) is 11.6 Å². The average Bonchev–Trinajstić information content (AvgIpc) is 2.49. The molecule has 0 saturated carbocycles. The van der Waals surface area contributed by atoms with E-state index in [0.717, 1.165) is 12.3 Å². The number of rotatable bonds is 2. The topological polar surface area (TPSA) is 70.5 Å². The zero-order chi connectivity index (χ0) is 15.9. The molecule has 0 radical (unpaired) electrons. The number of fused-ring (bicyclic) bond motifs is 1. The van der Waals surface area contributed by atoms with Crippen LogP contribution >= 0.6 is 23.4 Å². The summed E-state index contributed by atoms with van der Waals surface area (Å²) in [6, 6.07) is 2.36. The van der Waals surface area contributed by atoms with Crippen LogP contribution in [0.3, 0.4) is 0 Å². The molecule has 0 amide bonds. The van der Waals surface area contributed by atoms with Gasteiger partial charge in [-0.2, -0.15) is 16.1 Å². The molecule has 22 heavy (non-hydrogen) atoms. The van der Waals surface area contributed by atoms with Crippen LogP contribution < -0.4 is 0 Å². The summed E-state index contributed by atoms with van der Waals surface area (Å²) >= 11 is 7.44. The molecule has 1 N–H and O–H groups in total. The minimum Gasteiger partial charge on any atom is -0.506 e. The predicted octanol–water partition coefficient (Wildman–Crippen LogP) is 2.47. The molecule has 0 bridgehead atoms. The molecule has 0 aliphatic carbocycles. The molecule has 1 aromatic heterocycles. The van der Waals surface area contributed by atoms with Crippen LogP contribution in [0.25, 0.3) is 10.9 Å². The summed E-state index contributed by atoms with van der Waals surface area (Å²) in [4.78, 5) is 3.51. The van der Waals surface area contributed by atoms with Crippen molar-refractivity contribution < 1.29 is 17.9 Å². The Labute approximate surface area is 136 Å². The van der Waals surface area contributed by atoms with Crippen molar-refractivity contribution in [3.8, 4) is 5.75 Å². The molecule has 1 saturated heterocycles. The second kappa shape index (κ2) is 5.84. The summed E-state index contributed by atoms with van der Waals surface area (Å²) in [5.41, 5.74) is -0.116. The van der Waals surface area contributed by atoms with Gasteiger partial charge in [-0.3, -0.25) is 4.98 Å². The van der Waals surface area contributed by atoms with E-state index in [1.165, 1.54) is 10.4 Å². The molecule has 2 aromatic rings.